The second kappa shape index (κ2) is 9.01. The van der Waals surface area contributed by atoms with E-state index in [4.69, 9.17) is 23.7 Å². The number of aliphatic hydroxyl groups excluding tert-OH is 1. The first-order chi connectivity index (χ1) is 14.6. The van der Waals surface area contributed by atoms with Crippen LogP contribution in [0.3, 0.4) is 0 Å². The van der Waals surface area contributed by atoms with Crippen molar-refractivity contribution in [1.29, 1.82) is 0 Å². The molecule has 0 bridgehead atoms. The van der Waals surface area contributed by atoms with Crippen LogP contribution in [-0.2, 0) is 19.0 Å². The molecule has 2 heterocycles. The van der Waals surface area contributed by atoms with Gasteiger partial charge in [0.05, 0.1) is 13.7 Å². The van der Waals surface area contributed by atoms with Gasteiger partial charge < -0.3 is 34.1 Å². The number of rotatable bonds is 5. The highest BCUT2D eigenvalue weighted by atomic mass is 16.7. The highest BCUT2D eigenvalue weighted by Gasteiger charge is 2.50. The molecule has 30 heavy (non-hydrogen) atoms. The second-order valence-corrected chi connectivity index (χ2v) is 7.21. The molecule has 2 aromatic carbocycles. The summed E-state index contributed by atoms with van der Waals surface area (Å²) in [4.78, 5) is 11.8. The van der Waals surface area contributed by atoms with E-state index in [0.717, 1.165) is 5.56 Å². The van der Waals surface area contributed by atoms with E-state index in [1.54, 1.807) is 18.2 Å². The van der Waals surface area contributed by atoms with Gasteiger partial charge in [-0.1, -0.05) is 42.5 Å². The molecule has 8 nitrogen and oxygen atoms in total. The van der Waals surface area contributed by atoms with Crippen LogP contribution in [0.25, 0.3) is 0 Å². The number of benzene rings is 2. The van der Waals surface area contributed by atoms with Gasteiger partial charge in [0, 0.05) is 12.5 Å². The zero-order chi connectivity index (χ0) is 21.1. The topological polar surface area (TPSA) is 95.5 Å². The standard InChI is InChI=1S/C22H25NO7/c1-13(24)23-18-19(25)20-17(12-27-21(30-20)14-8-4-3-5-9-14)29-22(18)28-16-11-7-6-10-15(16)26-2/h3-11,17-22,25H,12H2,1-2H3,(H,23,24)/t17-,18-,19+,20+,21+,22+/m1/s1. The minimum atomic E-state index is -1.07. The number of carbonyl (C=O) groups excluding carboxylic acids is 1. The fourth-order valence-corrected chi connectivity index (χ4v) is 3.70. The van der Waals surface area contributed by atoms with Crippen molar-refractivity contribution < 1.29 is 33.6 Å². The van der Waals surface area contributed by atoms with Crippen molar-refractivity contribution >= 4 is 5.91 Å². The fourth-order valence-electron chi connectivity index (χ4n) is 3.70. The Morgan fingerprint density at radius 1 is 1.07 bits per heavy atom. The molecule has 2 aliphatic heterocycles. The Labute approximate surface area is 174 Å². The van der Waals surface area contributed by atoms with Crippen molar-refractivity contribution in [2.45, 2.75) is 43.9 Å². The average Bonchev–Trinajstić information content (AvgIpc) is 2.77. The Balaban J connectivity index is 1.55. The Hall–Kier alpha value is -2.65. The Morgan fingerprint density at radius 3 is 2.47 bits per heavy atom. The van der Waals surface area contributed by atoms with Gasteiger partial charge in [-0.2, -0.15) is 0 Å². The first kappa shape index (κ1) is 20.6. The van der Waals surface area contributed by atoms with Crippen molar-refractivity contribution in [2.24, 2.45) is 0 Å². The quantitative estimate of drug-likeness (QED) is 0.769. The lowest BCUT2D eigenvalue weighted by atomic mass is 9.95. The number of nitrogens with one attached hydrogen (secondary N) is 1. The van der Waals surface area contributed by atoms with Gasteiger partial charge in [-0.3, -0.25) is 4.79 Å². The van der Waals surface area contributed by atoms with Crippen LogP contribution in [0.1, 0.15) is 18.8 Å². The zero-order valence-electron chi connectivity index (χ0n) is 16.8. The van der Waals surface area contributed by atoms with Crippen LogP contribution in [0.15, 0.2) is 54.6 Å². The van der Waals surface area contributed by atoms with Crippen LogP contribution in [-0.4, -0.2) is 55.4 Å². The molecule has 0 aliphatic carbocycles. The molecule has 1 amide bonds. The predicted molar refractivity (Wildman–Crippen MR) is 106 cm³/mol. The number of hydrogen-bond donors (Lipinski definition) is 2. The first-order valence-electron chi connectivity index (χ1n) is 9.79. The van der Waals surface area contributed by atoms with E-state index in [1.165, 1.54) is 14.0 Å². The Bertz CT molecular complexity index is 862. The van der Waals surface area contributed by atoms with Crippen molar-refractivity contribution in [3.05, 3.63) is 60.2 Å². The molecule has 0 unspecified atom stereocenters. The second-order valence-electron chi connectivity index (χ2n) is 7.21. The van der Waals surface area contributed by atoms with Gasteiger partial charge in [-0.25, -0.2) is 0 Å². The lowest BCUT2D eigenvalue weighted by Crippen LogP contribution is -2.67. The molecule has 2 N–H and O–H groups in total. The summed E-state index contributed by atoms with van der Waals surface area (Å²) in [5.74, 6) is 0.631. The Kier molecular flexibility index (Phi) is 6.19. The highest BCUT2D eigenvalue weighted by molar-refractivity contribution is 5.73. The van der Waals surface area contributed by atoms with Gasteiger partial charge in [0.2, 0.25) is 12.2 Å². The summed E-state index contributed by atoms with van der Waals surface area (Å²) in [6, 6.07) is 15.7. The third-order valence-corrected chi connectivity index (χ3v) is 5.12. The van der Waals surface area contributed by atoms with E-state index < -0.39 is 36.9 Å². The van der Waals surface area contributed by atoms with Gasteiger partial charge in [-0.05, 0) is 12.1 Å². The van der Waals surface area contributed by atoms with Gasteiger partial charge in [0.25, 0.3) is 0 Å². The van der Waals surface area contributed by atoms with Crippen LogP contribution in [0.4, 0.5) is 0 Å². The SMILES string of the molecule is COc1ccccc1O[C@H]1O[C@@H]2CO[C@H](c3ccccc3)O[C@@H]2[C@@H](O)[C@H]1NC(C)=O. The number of fused-ring (bicyclic) bond motifs is 1. The van der Waals surface area contributed by atoms with Gasteiger partial charge in [-0.15, -0.1) is 0 Å². The molecule has 2 aliphatic rings. The highest BCUT2D eigenvalue weighted by Crippen LogP contribution is 2.36. The minimum absolute atomic E-state index is 0.208. The van der Waals surface area contributed by atoms with Crippen molar-refractivity contribution in [2.75, 3.05) is 13.7 Å². The van der Waals surface area contributed by atoms with E-state index in [9.17, 15) is 9.90 Å². The monoisotopic (exact) mass is 415 g/mol. The fraction of sp³-hybridized carbons (Fsp3) is 0.409. The molecule has 6 atom stereocenters. The van der Waals surface area contributed by atoms with E-state index in [0.29, 0.717) is 11.5 Å². The smallest absolute Gasteiger partial charge is 0.223 e. The predicted octanol–water partition coefficient (Wildman–Crippen LogP) is 1.78. The molecule has 2 saturated heterocycles. The third kappa shape index (κ3) is 4.27. The van der Waals surface area contributed by atoms with Crippen molar-refractivity contribution in [3.63, 3.8) is 0 Å². The normalized spacial score (nSPS) is 30.8. The van der Waals surface area contributed by atoms with E-state index in [2.05, 4.69) is 5.32 Å². The van der Waals surface area contributed by atoms with Crippen molar-refractivity contribution in [3.8, 4) is 11.5 Å². The van der Waals surface area contributed by atoms with E-state index in [-0.39, 0.29) is 12.5 Å². The summed E-state index contributed by atoms with van der Waals surface area (Å²) in [7, 11) is 1.53. The zero-order valence-corrected chi connectivity index (χ0v) is 16.8. The number of aliphatic hydroxyl groups is 1. The molecular formula is C22H25NO7. The summed E-state index contributed by atoms with van der Waals surface area (Å²) in [6.07, 6.45) is -3.91. The molecule has 0 aromatic heterocycles. The average molecular weight is 415 g/mol. The van der Waals surface area contributed by atoms with Gasteiger partial charge in [0.1, 0.15) is 24.4 Å². The van der Waals surface area contributed by atoms with Crippen LogP contribution in [0, 0.1) is 0 Å². The number of carbonyl (C=O) groups is 1. The van der Waals surface area contributed by atoms with Crippen LogP contribution in [0.5, 0.6) is 11.5 Å². The lowest BCUT2D eigenvalue weighted by Gasteiger charge is -2.47. The van der Waals surface area contributed by atoms with Crippen LogP contribution in [0.2, 0.25) is 0 Å². The van der Waals surface area contributed by atoms with Gasteiger partial charge >= 0.3 is 0 Å². The maximum absolute atomic E-state index is 11.8. The molecular weight excluding hydrogens is 390 g/mol. The molecule has 2 fully saturated rings. The molecule has 0 spiro atoms. The largest absolute Gasteiger partial charge is 0.493 e. The van der Waals surface area contributed by atoms with Crippen LogP contribution < -0.4 is 14.8 Å². The number of ether oxygens (including phenoxy) is 5. The maximum atomic E-state index is 11.8. The molecule has 160 valence electrons. The number of para-hydroxylation sites is 2. The molecule has 0 saturated carbocycles. The van der Waals surface area contributed by atoms with E-state index >= 15 is 0 Å². The lowest BCUT2D eigenvalue weighted by molar-refractivity contribution is -0.333. The van der Waals surface area contributed by atoms with Crippen molar-refractivity contribution in [1.82, 2.24) is 5.32 Å². The van der Waals surface area contributed by atoms with E-state index in [1.807, 2.05) is 36.4 Å². The molecule has 8 heteroatoms. The molecule has 0 radical (unpaired) electrons. The number of methoxy groups -OCH3 is 1. The minimum Gasteiger partial charge on any atom is -0.493 e. The summed E-state index contributed by atoms with van der Waals surface area (Å²) in [5, 5.41) is 13.8. The molecule has 4 rings (SSSR count). The third-order valence-electron chi connectivity index (χ3n) is 5.12. The summed E-state index contributed by atoms with van der Waals surface area (Å²) >= 11 is 0. The first-order valence-corrected chi connectivity index (χ1v) is 9.79. The number of hydrogen-bond acceptors (Lipinski definition) is 7. The number of amides is 1. The Morgan fingerprint density at radius 2 is 1.77 bits per heavy atom. The van der Waals surface area contributed by atoms with Gasteiger partial charge in [0.15, 0.2) is 17.8 Å². The maximum Gasteiger partial charge on any atom is 0.223 e. The van der Waals surface area contributed by atoms with Crippen LogP contribution >= 0.6 is 0 Å². The summed E-state index contributed by atoms with van der Waals surface area (Å²) in [6.45, 7) is 1.58. The molecule has 2 aromatic rings. The summed E-state index contributed by atoms with van der Waals surface area (Å²) in [5.41, 5.74) is 0.839. The summed E-state index contributed by atoms with van der Waals surface area (Å²) < 4.78 is 29.2.